The molecule has 0 unspecified atom stereocenters. The number of rotatable bonds is 7. The van der Waals surface area contributed by atoms with E-state index in [1.807, 2.05) is 18.2 Å². The second kappa shape index (κ2) is 16.6. The minimum atomic E-state index is 0.583. The molecule has 0 bridgehead atoms. The molecule has 6 nitrogen and oxygen atoms in total. The van der Waals surface area contributed by atoms with Gasteiger partial charge in [0.15, 0.2) is 0 Å². The Kier molecular flexibility index (Phi) is 9.23. The fourth-order valence-corrected chi connectivity index (χ4v) is 12.0. The zero-order valence-corrected chi connectivity index (χ0v) is 41.0. The highest BCUT2D eigenvalue weighted by Gasteiger charge is 2.23. The van der Waals surface area contributed by atoms with Crippen molar-refractivity contribution in [3.05, 3.63) is 261 Å². The molecule has 16 rings (SSSR count). The molecule has 16 aromatic rings. The Hall–Kier alpha value is -10.3. The Bertz CT molecular complexity index is 4980. The van der Waals surface area contributed by atoms with Crippen molar-refractivity contribution in [2.75, 3.05) is 0 Å². The van der Waals surface area contributed by atoms with Crippen LogP contribution in [0.3, 0.4) is 0 Å². The van der Waals surface area contributed by atoms with Crippen LogP contribution in [0.2, 0.25) is 0 Å². The van der Waals surface area contributed by atoms with Gasteiger partial charge in [-0.25, -0.2) is 9.97 Å². The molecule has 11 aromatic carbocycles. The van der Waals surface area contributed by atoms with E-state index in [4.69, 9.17) is 14.4 Å². The van der Waals surface area contributed by atoms with E-state index >= 15 is 0 Å². The van der Waals surface area contributed by atoms with Gasteiger partial charge < -0.3 is 13.6 Å². The zero-order valence-electron chi connectivity index (χ0n) is 41.0. The molecule has 0 aliphatic carbocycles. The highest BCUT2D eigenvalue weighted by atomic mass is 16.3. The van der Waals surface area contributed by atoms with Crippen molar-refractivity contribution in [3.63, 3.8) is 0 Å². The Morgan fingerprint density at radius 2 is 0.750 bits per heavy atom. The Morgan fingerprint density at radius 1 is 0.263 bits per heavy atom. The first-order chi connectivity index (χ1) is 37.7. The van der Waals surface area contributed by atoms with Gasteiger partial charge in [0.1, 0.15) is 11.2 Å². The average Bonchev–Trinajstić information content (AvgIpc) is 4.24. The summed E-state index contributed by atoms with van der Waals surface area (Å²) < 4.78 is 13.7. The lowest BCUT2D eigenvalue weighted by molar-refractivity contribution is 0.670. The van der Waals surface area contributed by atoms with Crippen LogP contribution in [0.15, 0.2) is 265 Å². The summed E-state index contributed by atoms with van der Waals surface area (Å²) in [6.45, 7) is 0. The zero-order chi connectivity index (χ0) is 49.8. The van der Waals surface area contributed by atoms with Crippen molar-refractivity contribution >= 4 is 87.4 Å². The number of fused-ring (bicyclic) bond motifs is 12. The van der Waals surface area contributed by atoms with Crippen molar-refractivity contribution in [2.45, 2.75) is 0 Å². The maximum atomic E-state index is 6.63. The summed E-state index contributed by atoms with van der Waals surface area (Å²) in [7, 11) is 0. The molecule has 6 heteroatoms. The van der Waals surface area contributed by atoms with Crippen LogP contribution >= 0.6 is 0 Å². The van der Waals surface area contributed by atoms with Crippen molar-refractivity contribution in [1.29, 1.82) is 0 Å². The predicted molar refractivity (Wildman–Crippen MR) is 314 cm³/mol. The molecule has 354 valence electrons. The number of nitrogens with zero attached hydrogens (tertiary/aromatic N) is 5. The van der Waals surface area contributed by atoms with Gasteiger partial charge in [0, 0.05) is 65.6 Å². The summed E-state index contributed by atoms with van der Waals surface area (Å²) in [6, 6.07) is 93.4. The summed E-state index contributed by atoms with van der Waals surface area (Å²) in [6.07, 6.45) is 0. The second-order valence-electron chi connectivity index (χ2n) is 19.7. The van der Waals surface area contributed by atoms with E-state index < -0.39 is 0 Å². The average molecular weight is 970 g/mol. The topological polar surface area (TPSA) is 53.7 Å². The fraction of sp³-hybridized carbons (Fsp3) is 0. The lowest BCUT2D eigenvalue weighted by Gasteiger charge is -2.13. The van der Waals surface area contributed by atoms with E-state index in [2.05, 4.69) is 256 Å². The standard InChI is InChI=1S/C70H43N5O/c1-4-18-44(19-5-1)47-34-36-64-56(39-47)57-40-48(35-37-65(57)73(64)49-23-8-3-9-24-49)46-22-16-25-50(38-46)74-62-31-13-10-26-51(62)58-41-59-52-27-11-14-32-63(52)75(67(59)43-66(58)74)70-71-60(45-20-6-2-7-21-45)42-61(72-70)55-30-17-29-54-53-28-12-15-33-68(53)76-69(54)55/h1-43H. The first kappa shape index (κ1) is 42.2. The molecule has 0 saturated carbocycles. The van der Waals surface area contributed by atoms with Crippen molar-refractivity contribution in [2.24, 2.45) is 0 Å². The fourth-order valence-electron chi connectivity index (χ4n) is 12.0. The maximum absolute atomic E-state index is 6.63. The van der Waals surface area contributed by atoms with Gasteiger partial charge in [-0.05, 0) is 113 Å². The van der Waals surface area contributed by atoms with Crippen molar-refractivity contribution in [3.8, 4) is 62.1 Å². The van der Waals surface area contributed by atoms with E-state index in [0.717, 1.165) is 99.8 Å². The monoisotopic (exact) mass is 969 g/mol. The number of benzene rings is 11. The predicted octanol–water partition coefficient (Wildman–Crippen LogP) is 18.3. The molecule has 0 saturated heterocycles. The van der Waals surface area contributed by atoms with Crippen LogP contribution in [0.25, 0.3) is 149 Å². The van der Waals surface area contributed by atoms with E-state index in [1.165, 1.54) is 43.7 Å². The molecular formula is C70H43N5O. The number of aromatic nitrogens is 5. The van der Waals surface area contributed by atoms with Crippen molar-refractivity contribution in [1.82, 2.24) is 23.7 Å². The Morgan fingerprint density at radius 3 is 1.47 bits per heavy atom. The SMILES string of the molecule is c1ccc(-c2ccc3c(c2)c2cc(-c4cccc(-n5c6ccccc6c6cc7c8ccccc8n(-c8nc(-c9ccccc9)cc(-c9cccc%10c9oc9ccccc9%10)n8)c7cc65)c4)ccc2n3-c2ccccc2)cc1. The quantitative estimate of drug-likeness (QED) is 0.160. The normalized spacial score (nSPS) is 11.9. The molecule has 0 aliphatic heterocycles. The second-order valence-corrected chi connectivity index (χ2v) is 19.7. The van der Waals surface area contributed by atoms with Gasteiger partial charge in [-0.2, -0.15) is 0 Å². The first-order valence-electron chi connectivity index (χ1n) is 25.8. The van der Waals surface area contributed by atoms with Crippen LogP contribution in [0.5, 0.6) is 0 Å². The minimum Gasteiger partial charge on any atom is -0.455 e. The largest absolute Gasteiger partial charge is 0.455 e. The lowest BCUT2D eigenvalue weighted by atomic mass is 10.00. The summed E-state index contributed by atoms with van der Waals surface area (Å²) >= 11 is 0. The molecule has 0 amide bonds. The molecule has 76 heavy (non-hydrogen) atoms. The summed E-state index contributed by atoms with van der Waals surface area (Å²) in [5.41, 5.74) is 18.7. The van der Waals surface area contributed by atoms with Gasteiger partial charge >= 0.3 is 0 Å². The number of hydrogen-bond donors (Lipinski definition) is 0. The molecular weight excluding hydrogens is 927 g/mol. The van der Waals surface area contributed by atoms with Crippen LogP contribution in [0, 0.1) is 0 Å². The van der Waals surface area contributed by atoms with Crippen LogP contribution in [-0.2, 0) is 0 Å². The van der Waals surface area contributed by atoms with Crippen molar-refractivity contribution < 1.29 is 4.42 Å². The molecule has 0 atom stereocenters. The molecule has 0 radical (unpaired) electrons. The molecule has 5 aromatic heterocycles. The third-order valence-electron chi connectivity index (χ3n) is 15.5. The first-order valence-corrected chi connectivity index (χ1v) is 25.8. The van der Waals surface area contributed by atoms with Crippen LogP contribution in [0.1, 0.15) is 0 Å². The summed E-state index contributed by atoms with van der Waals surface area (Å²) in [5.74, 6) is 0.583. The highest BCUT2D eigenvalue weighted by molar-refractivity contribution is 6.19. The van der Waals surface area contributed by atoms with E-state index in [0.29, 0.717) is 5.95 Å². The van der Waals surface area contributed by atoms with Crippen LogP contribution in [0.4, 0.5) is 0 Å². The van der Waals surface area contributed by atoms with Gasteiger partial charge in [-0.3, -0.25) is 4.57 Å². The highest BCUT2D eigenvalue weighted by Crippen LogP contribution is 2.43. The molecule has 5 heterocycles. The Labute approximate surface area is 436 Å². The smallest absolute Gasteiger partial charge is 0.235 e. The van der Waals surface area contributed by atoms with Crippen LogP contribution in [-0.4, -0.2) is 23.7 Å². The van der Waals surface area contributed by atoms with Gasteiger partial charge in [-0.1, -0.05) is 170 Å². The minimum absolute atomic E-state index is 0.583. The molecule has 0 fully saturated rings. The van der Waals surface area contributed by atoms with Gasteiger partial charge in [0.25, 0.3) is 0 Å². The number of furan rings is 1. The van der Waals surface area contributed by atoms with E-state index in [1.54, 1.807) is 0 Å². The molecule has 0 spiro atoms. The number of hydrogen-bond acceptors (Lipinski definition) is 3. The lowest BCUT2D eigenvalue weighted by Crippen LogP contribution is -2.04. The molecule has 0 aliphatic rings. The third kappa shape index (κ3) is 6.47. The Balaban J connectivity index is 0.904. The third-order valence-corrected chi connectivity index (χ3v) is 15.5. The van der Waals surface area contributed by atoms with Gasteiger partial charge in [-0.15, -0.1) is 0 Å². The van der Waals surface area contributed by atoms with E-state index in [-0.39, 0.29) is 0 Å². The van der Waals surface area contributed by atoms with Gasteiger partial charge in [0.05, 0.1) is 44.5 Å². The summed E-state index contributed by atoms with van der Waals surface area (Å²) in [4.78, 5) is 10.9. The maximum Gasteiger partial charge on any atom is 0.235 e. The number of para-hydroxylation sites is 5. The van der Waals surface area contributed by atoms with Gasteiger partial charge in [0.2, 0.25) is 5.95 Å². The van der Waals surface area contributed by atoms with Crippen LogP contribution < -0.4 is 0 Å². The van der Waals surface area contributed by atoms with E-state index in [9.17, 15) is 0 Å². The summed E-state index contributed by atoms with van der Waals surface area (Å²) in [5, 5.41) is 9.20. The molecule has 0 N–H and O–H groups in total.